The summed E-state index contributed by atoms with van der Waals surface area (Å²) >= 11 is 6.49. The van der Waals surface area contributed by atoms with Crippen molar-refractivity contribution in [2.24, 2.45) is 0 Å². The number of carbonyl (C=O) groups excluding carboxylic acids is 1. The molecule has 3 aliphatic heterocycles. The van der Waals surface area contributed by atoms with Crippen LogP contribution >= 0.6 is 11.6 Å². The van der Waals surface area contributed by atoms with Gasteiger partial charge in [-0.25, -0.2) is 6.57 Å². The quantitative estimate of drug-likeness (QED) is 0.385. The zero-order valence-corrected chi connectivity index (χ0v) is 24.7. The van der Waals surface area contributed by atoms with Gasteiger partial charge in [0.05, 0.1) is 11.2 Å². The van der Waals surface area contributed by atoms with Crippen molar-refractivity contribution in [3.63, 3.8) is 0 Å². The fraction of sp³-hybridized carbons (Fsp3) is 0.548. The molecule has 9 nitrogen and oxygen atoms in total. The number of amides is 1. The van der Waals surface area contributed by atoms with Crippen LogP contribution in [0.2, 0.25) is 5.02 Å². The van der Waals surface area contributed by atoms with E-state index in [-0.39, 0.29) is 24.0 Å². The van der Waals surface area contributed by atoms with Crippen LogP contribution in [0.4, 0.5) is 5.82 Å². The van der Waals surface area contributed by atoms with Gasteiger partial charge in [0, 0.05) is 49.2 Å². The second-order valence-corrected chi connectivity index (χ2v) is 12.3. The Balaban J connectivity index is 1.37. The van der Waals surface area contributed by atoms with Crippen LogP contribution in [0.25, 0.3) is 4.85 Å². The van der Waals surface area contributed by atoms with Crippen LogP contribution in [0.5, 0.6) is 6.01 Å². The molecule has 4 aliphatic rings. The van der Waals surface area contributed by atoms with Crippen molar-refractivity contribution in [2.45, 2.75) is 56.3 Å². The van der Waals surface area contributed by atoms with Gasteiger partial charge in [-0.15, -0.1) is 0 Å². The number of hydrogen-bond acceptors (Lipinski definition) is 7. The molecular formula is C31H38ClN7O2. The Morgan fingerprint density at radius 1 is 1.27 bits per heavy atom. The largest absolute Gasteiger partial charge is 0.462 e. The lowest BCUT2D eigenvalue weighted by Crippen LogP contribution is -2.56. The van der Waals surface area contributed by atoms with Crippen molar-refractivity contribution in [3.05, 3.63) is 69.7 Å². The average molecular weight is 576 g/mol. The summed E-state index contributed by atoms with van der Waals surface area (Å²) in [4.78, 5) is 35.0. The van der Waals surface area contributed by atoms with E-state index >= 15 is 0 Å². The van der Waals surface area contributed by atoms with E-state index in [1.807, 2.05) is 6.07 Å². The smallest absolute Gasteiger partial charge is 0.318 e. The number of aryl methyl sites for hydroxylation is 1. The molecule has 4 heterocycles. The number of piperazine rings is 1. The number of nitrogens with zero attached hydrogens (tertiary/aromatic N) is 7. The molecule has 0 bridgehead atoms. The summed E-state index contributed by atoms with van der Waals surface area (Å²) in [6, 6.07) is 6.82. The van der Waals surface area contributed by atoms with Gasteiger partial charge >= 0.3 is 6.01 Å². The molecule has 2 saturated heterocycles. The van der Waals surface area contributed by atoms with E-state index in [2.05, 4.69) is 52.4 Å². The summed E-state index contributed by atoms with van der Waals surface area (Å²) < 4.78 is 6.32. The second kappa shape index (κ2) is 11.2. The van der Waals surface area contributed by atoms with Crippen molar-refractivity contribution in [1.82, 2.24) is 24.7 Å². The minimum Gasteiger partial charge on any atom is -0.462 e. The molecule has 1 amide bonds. The maximum Gasteiger partial charge on any atom is 0.318 e. The summed E-state index contributed by atoms with van der Waals surface area (Å²) in [5, 5.41) is 0.759. The molecule has 1 spiro atoms. The Morgan fingerprint density at radius 2 is 2.12 bits per heavy atom. The molecule has 0 N–H and O–H groups in total. The number of likely N-dealkylation sites (N-methyl/N-ethyl adjacent to an activating group) is 2. The van der Waals surface area contributed by atoms with E-state index in [4.69, 9.17) is 32.9 Å². The fourth-order valence-corrected chi connectivity index (χ4v) is 7.44. The molecule has 2 aromatic rings. The van der Waals surface area contributed by atoms with Crippen LogP contribution in [0.3, 0.4) is 0 Å². The van der Waals surface area contributed by atoms with Crippen molar-refractivity contribution in [1.29, 1.82) is 0 Å². The molecule has 0 radical (unpaired) electrons. The van der Waals surface area contributed by atoms with Crippen molar-refractivity contribution in [3.8, 4) is 6.01 Å². The topological polar surface area (TPSA) is 69.4 Å². The molecular weight excluding hydrogens is 538 g/mol. The predicted molar refractivity (Wildman–Crippen MR) is 159 cm³/mol. The Bertz CT molecular complexity index is 1390. The SMILES string of the molecule is [C-]#[N+]C[C@H]1CN(c2nc(OC[C@@H]3CCCN3C)nc3c2CN(C)C2(CCc4ccc(Cl)cc42)C3)CCN1C(=O)C=C. The third-order valence-corrected chi connectivity index (χ3v) is 9.87. The molecule has 1 unspecified atom stereocenters. The average Bonchev–Trinajstić information content (AvgIpc) is 3.55. The number of carbonyl (C=O) groups is 1. The van der Waals surface area contributed by atoms with E-state index < -0.39 is 0 Å². The van der Waals surface area contributed by atoms with Crippen molar-refractivity contribution in [2.75, 3.05) is 58.3 Å². The van der Waals surface area contributed by atoms with E-state index in [1.54, 1.807) is 4.90 Å². The van der Waals surface area contributed by atoms with Crippen LogP contribution < -0.4 is 9.64 Å². The lowest BCUT2D eigenvalue weighted by atomic mass is 9.81. The lowest BCUT2D eigenvalue weighted by molar-refractivity contribution is -0.128. The Kier molecular flexibility index (Phi) is 7.66. The molecule has 0 saturated carbocycles. The number of likely N-dealkylation sites (tertiary alicyclic amines) is 1. The number of aromatic nitrogens is 2. The first-order chi connectivity index (χ1) is 19.8. The normalized spacial score (nSPS) is 26.1. The van der Waals surface area contributed by atoms with E-state index in [1.165, 1.54) is 23.6 Å². The summed E-state index contributed by atoms with van der Waals surface area (Å²) in [6.07, 6.45) is 6.40. The molecule has 1 aromatic carbocycles. The molecule has 1 aromatic heterocycles. The summed E-state index contributed by atoms with van der Waals surface area (Å²) in [5.41, 5.74) is 4.58. The van der Waals surface area contributed by atoms with Crippen LogP contribution in [0.15, 0.2) is 30.9 Å². The zero-order valence-electron chi connectivity index (χ0n) is 24.0. The first kappa shape index (κ1) is 28.0. The first-order valence-electron chi connectivity index (χ1n) is 14.6. The van der Waals surface area contributed by atoms with Crippen LogP contribution in [0, 0.1) is 6.57 Å². The first-order valence-corrected chi connectivity index (χ1v) is 14.9. The lowest BCUT2D eigenvalue weighted by Gasteiger charge is -2.46. The van der Waals surface area contributed by atoms with Crippen LogP contribution in [0.1, 0.15) is 41.6 Å². The minimum absolute atomic E-state index is 0.132. The molecule has 41 heavy (non-hydrogen) atoms. The van der Waals surface area contributed by atoms with E-state index in [0.29, 0.717) is 44.8 Å². The van der Waals surface area contributed by atoms with E-state index in [9.17, 15) is 4.79 Å². The molecule has 2 fully saturated rings. The summed E-state index contributed by atoms with van der Waals surface area (Å²) in [6.45, 7) is 15.4. The van der Waals surface area contributed by atoms with Gasteiger partial charge in [0.25, 0.3) is 0 Å². The van der Waals surface area contributed by atoms with Crippen LogP contribution in [-0.4, -0.2) is 96.1 Å². The second-order valence-electron chi connectivity index (χ2n) is 11.9. The highest BCUT2D eigenvalue weighted by molar-refractivity contribution is 6.30. The third-order valence-electron chi connectivity index (χ3n) is 9.64. The number of benzene rings is 1. The Labute approximate surface area is 247 Å². The highest BCUT2D eigenvalue weighted by Crippen LogP contribution is 2.48. The monoisotopic (exact) mass is 575 g/mol. The molecule has 10 heteroatoms. The Morgan fingerprint density at radius 3 is 2.88 bits per heavy atom. The third kappa shape index (κ3) is 5.07. The van der Waals surface area contributed by atoms with Gasteiger partial charge < -0.3 is 24.3 Å². The van der Waals surface area contributed by atoms with Gasteiger partial charge in [0.1, 0.15) is 18.5 Å². The van der Waals surface area contributed by atoms with Gasteiger partial charge in [-0.05, 0) is 75.7 Å². The number of fused-ring (bicyclic) bond motifs is 3. The summed E-state index contributed by atoms with van der Waals surface area (Å²) in [7, 11) is 4.33. The number of hydrogen-bond donors (Lipinski definition) is 0. The zero-order chi connectivity index (χ0) is 28.7. The van der Waals surface area contributed by atoms with Gasteiger partial charge in [0.2, 0.25) is 12.5 Å². The number of anilines is 1. The fourth-order valence-electron chi connectivity index (χ4n) is 7.26. The van der Waals surface area contributed by atoms with Gasteiger partial charge in [0.15, 0.2) is 0 Å². The maximum absolute atomic E-state index is 12.6. The minimum atomic E-state index is -0.231. The highest BCUT2D eigenvalue weighted by Gasteiger charge is 2.47. The molecule has 6 rings (SSSR count). The molecule has 1 aliphatic carbocycles. The number of rotatable bonds is 6. The van der Waals surface area contributed by atoms with Crippen molar-refractivity contribution >= 4 is 23.3 Å². The van der Waals surface area contributed by atoms with Gasteiger partial charge in [-0.2, -0.15) is 9.97 Å². The summed E-state index contributed by atoms with van der Waals surface area (Å²) in [5.74, 6) is 0.726. The highest BCUT2D eigenvalue weighted by atomic mass is 35.5. The van der Waals surface area contributed by atoms with Crippen molar-refractivity contribution < 1.29 is 9.53 Å². The maximum atomic E-state index is 12.6. The van der Waals surface area contributed by atoms with Crippen LogP contribution in [-0.2, 0) is 29.7 Å². The predicted octanol–water partition coefficient (Wildman–Crippen LogP) is 3.56. The molecule has 3 atom stereocenters. The number of halogens is 1. The van der Waals surface area contributed by atoms with Gasteiger partial charge in [-0.3, -0.25) is 9.69 Å². The number of ether oxygens (including phenoxy) is 1. The molecule has 216 valence electrons. The van der Waals surface area contributed by atoms with E-state index in [0.717, 1.165) is 54.3 Å². The standard InChI is InChI=1S/C31H38ClN7O2/c1-5-28(40)39-14-13-38(18-24(39)17-33-2)29-25-19-37(4)31(11-10-21-8-9-22(32)15-26(21)31)16-27(25)34-30(35-29)41-20-23-7-6-12-36(23)3/h5,8-9,15,23-24H,1,6-7,10-14,16-20H2,3-4H3/t23-,24-,31?/m0/s1. The Hall–Kier alpha value is -3.19. The van der Waals surface area contributed by atoms with Gasteiger partial charge in [-0.1, -0.05) is 24.2 Å².